The average molecular weight is 388 g/mol. The summed E-state index contributed by atoms with van der Waals surface area (Å²) in [5.74, 6) is 0.329. The van der Waals surface area contributed by atoms with Crippen LogP contribution >= 0.6 is 0 Å². The van der Waals surface area contributed by atoms with Crippen molar-refractivity contribution in [2.75, 3.05) is 20.2 Å². The number of aromatic nitrogens is 3. The van der Waals surface area contributed by atoms with Crippen molar-refractivity contribution in [1.29, 1.82) is 0 Å². The predicted molar refractivity (Wildman–Crippen MR) is 99.7 cm³/mol. The molecule has 1 amide bonds. The van der Waals surface area contributed by atoms with Crippen LogP contribution in [0.5, 0.6) is 0 Å². The molecule has 2 N–H and O–H groups in total. The standard InChI is InChI=1S/C20H26FN5O2/c1-28-13-17-10-26(24-23-17)11-18-8-15-6-7-25(18)12-19(15)20(27)22-9-14-2-4-16(21)5-3-14/h2-5,10,15,18-19H,6-9,11-13H2,1H3,(H,22,27)/p+1/t15-,18+,19-/m0/s1. The first-order valence-electron chi connectivity index (χ1n) is 9.87. The molecule has 5 rings (SSSR count). The van der Waals surface area contributed by atoms with Crippen molar-refractivity contribution in [3.63, 3.8) is 0 Å². The van der Waals surface area contributed by atoms with E-state index in [-0.39, 0.29) is 17.6 Å². The Morgan fingerprint density at radius 3 is 2.93 bits per heavy atom. The summed E-state index contributed by atoms with van der Waals surface area (Å²) >= 11 is 0. The van der Waals surface area contributed by atoms with Gasteiger partial charge in [0.25, 0.3) is 0 Å². The smallest absolute Gasteiger partial charge is 0.229 e. The second-order valence-electron chi connectivity index (χ2n) is 7.91. The highest BCUT2D eigenvalue weighted by Crippen LogP contribution is 2.27. The molecule has 7 nitrogen and oxygen atoms in total. The SMILES string of the molecule is COCc1cn(C[C@H]2C[C@@H]3CC[NH+]2C[C@@H]3C(=O)NCc2ccc(F)cc2)nn1. The van der Waals surface area contributed by atoms with Gasteiger partial charge in [-0.25, -0.2) is 9.07 Å². The lowest BCUT2D eigenvalue weighted by Gasteiger charge is -2.46. The second kappa shape index (κ2) is 8.36. The zero-order valence-corrected chi connectivity index (χ0v) is 16.1. The summed E-state index contributed by atoms with van der Waals surface area (Å²) in [4.78, 5) is 14.2. The van der Waals surface area contributed by atoms with Gasteiger partial charge < -0.3 is 15.0 Å². The number of rotatable bonds is 7. The molecule has 1 unspecified atom stereocenters. The van der Waals surface area contributed by atoms with E-state index >= 15 is 0 Å². The maximum Gasteiger partial charge on any atom is 0.229 e. The highest BCUT2D eigenvalue weighted by molar-refractivity contribution is 5.79. The quantitative estimate of drug-likeness (QED) is 0.710. The van der Waals surface area contributed by atoms with Crippen molar-refractivity contribution in [3.8, 4) is 0 Å². The molecule has 1 aromatic carbocycles. The topological polar surface area (TPSA) is 73.5 Å². The van der Waals surface area contributed by atoms with Gasteiger partial charge in [0, 0.05) is 26.5 Å². The number of piperidine rings is 3. The van der Waals surface area contributed by atoms with Crippen molar-refractivity contribution in [3.05, 3.63) is 47.5 Å². The van der Waals surface area contributed by atoms with Crippen LogP contribution in [-0.4, -0.2) is 47.1 Å². The Morgan fingerprint density at radius 2 is 2.21 bits per heavy atom. The minimum Gasteiger partial charge on any atom is -0.378 e. The first-order chi connectivity index (χ1) is 13.6. The third-order valence-corrected chi connectivity index (χ3v) is 6.05. The number of hydrogen-bond donors (Lipinski definition) is 2. The summed E-state index contributed by atoms with van der Waals surface area (Å²) in [5.41, 5.74) is 1.76. The number of carbonyl (C=O) groups is 1. The van der Waals surface area contributed by atoms with E-state index in [1.54, 1.807) is 19.2 Å². The fourth-order valence-corrected chi connectivity index (χ4v) is 4.61. The van der Waals surface area contributed by atoms with Crippen LogP contribution in [0.1, 0.15) is 24.1 Å². The summed E-state index contributed by atoms with van der Waals surface area (Å²) in [6.07, 6.45) is 4.06. The zero-order valence-electron chi connectivity index (χ0n) is 16.1. The molecular weight excluding hydrogens is 361 g/mol. The molecule has 0 saturated carbocycles. The van der Waals surface area contributed by atoms with E-state index in [1.165, 1.54) is 17.0 Å². The first kappa shape index (κ1) is 19.0. The monoisotopic (exact) mass is 388 g/mol. The van der Waals surface area contributed by atoms with E-state index in [0.29, 0.717) is 25.1 Å². The number of methoxy groups -OCH3 is 1. The Morgan fingerprint density at radius 1 is 1.39 bits per heavy atom. The maximum atomic E-state index is 13.0. The minimum absolute atomic E-state index is 0.0558. The summed E-state index contributed by atoms with van der Waals surface area (Å²) in [5, 5.41) is 11.4. The number of benzene rings is 1. The Hall–Kier alpha value is -2.32. The molecule has 4 heterocycles. The Balaban J connectivity index is 1.31. The van der Waals surface area contributed by atoms with Crippen LogP contribution in [0.3, 0.4) is 0 Å². The van der Waals surface area contributed by atoms with Crippen LogP contribution in [0.15, 0.2) is 30.5 Å². The van der Waals surface area contributed by atoms with Crippen LogP contribution in [0, 0.1) is 17.7 Å². The fraction of sp³-hybridized carbons (Fsp3) is 0.550. The third-order valence-electron chi connectivity index (χ3n) is 6.05. The van der Waals surface area contributed by atoms with Crippen molar-refractivity contribution in [2.24, 2.45) is 11.8 Å². The van der Waals surface area contributed by atoms with Gasteiger partial charge in [-0.15, -0.1) is 5.10 Å². The fourth-order valence-electron chi connectivity index (χ4n) is 4.61. The number of quaternary nitrogens is 1. The molecule has 3 aliphatic heterocycles. The van der Waals surface area contributed by atoms with E-state index < -0.39 is 0 Å². The van der Waals surface area contributed by atoms with Gasteiger partial charge in [0.1, 0.15) is 17.6 Å². The van der Waals surface area contributed by atoms with Gasteiger partial charge in [-0.05, 0) is 23.6 Å². The van der Waals surface area contributed by atoms with Crippen LogP contribution < -0.4 is 10.2 Å². The molecule has 150 valence electrons. The Bertz CT molecular complexity index is 809. The number of ether oxygens (including phenoxy) is 1. The number of nitrogens with one attached hydrogen (secondary N) is 2. The van der Waals surface area contributed by atoms with Crippen molar-refractivity contribution >= 4 is 5.91 Å². The van der Waals surface area contributed by atoms with Gasteiger partial charge >= 0.3 is 0 Å². The number of halogens is 1. The lowest BCUT2D eigenvalue weighted by molar-refractivity contribution is -0.945. The number of hydrogen-bond acceptors (Lipinski definition) is 4. The van der Waals surface area contributed by atoms with Crippen LogP contribution in [-0.2, 0) is 29.2 Å². The van der Waals surface area contributed by atoms with Gasteiger partial charge in [0.05, 0.1) is 38.4 Å². The van der Waals surface area contributed by atoms with Gasteiger partial charge in [0.15, 0.2) is 0 Å². The average Bonchev–Trinajstić information content (AvgIpc) is 3.15. The van der Waals surface area contributed by atoms with Gasteiger partial charge in [0.2, 0.25) is 5.91 Å². The van der Waals surface area contributed by atoms with E-state index in [2.05, 4.69) is 15.6 Å². The maximum absolute atomic E-state index is 13.0. The molecular formula is C20H27FN5O2+. The van der Waals surface area contributed by atoms with Crippen molar-refractivity contribution < 1.29 is 18.8 Å². The lowest BCUT2D eigenvalue weighted by atomic mass is 9.75. The normalized spacial score (nSPS) is 26.4. The number of fused-ring (bicyclic) bond motifs is 3. The molecule has 2 aromatic rings. The van der Waals surface area contributed by atoms with Crippen molar-refractivity contribution in [2.45, 2.75) is 38.6 Å². The Labute approximate surface area is 163 Å². The third kappa shape index (κ3) is 4.23. The highest BCUT2D eigenvalue weighted by Gasteiger charge is 2.46. The zero-order chi connectivity index (χ0) is 19.5. The highest BCUT2D eigenvalue weighted by atomic mass is 19.1. The van der Waals surface area contributed by atoms with E-state index in [9.17, 15) is 9.18 Å². The Kier molecular flexibility index (Phi) is 5.68. The van der Waals surface area contributed by atoms with Crippen molar-refractivity contribution in [1.82, 2.24) is 20.3 Å². The van der Waals surface area contributed by atoms with Crippen LogP contribution in [0.4, 0.5) is 4.39 Å². The molecule has 28 heavy (non-hydrogen) atoms. The summed E-state index contributed by atoms with van der Waals surface area (Å²) in [7, 11) is 1.65. The van der Waals surface area contributed by atoms with E-state index in [4.69, 9.17) is 4.74 Å². The van der Waals surface area contributed by atoms with E-state index in [1.807, 2.05) is 10.9 Å². The molecule has 0 spiro atoms. The molecule has 0 aliphatic carbocycles. The second-order valence-corrected chi connectivity index (χ2v) is 7.91. The van der Waals surface area contributed by atoms with Crippen LogP contribution in [0.2, 0.25) is 0 Å². The number of carbonyl (C=O) groups excluding carboxylic acids is 1. The first-order valence-corrected chi connectivity index (χ1v) is 9.87. The predicted octanol–water partition coefficient (Wildman–Crippen LogP) is 0.173. The largest absolute Gasteiger partial charge is 0.378 e. The molecule has 3 saturated heterocycles. The summed E-state index contributed by atoms with van der Waals surface area (Å²) in [6.45, 7) is 3.72. The molecule has 1 aromatic heterocycles. The summed E-state index contributed by atoms with van der Waals surface area (Å²) in [6, 6.07) is 6.74. The molecule has 0 radical (unpaired) electrons. The molecule has 3 fully saturated rings. The number of amides is 1. The molecule has 3 aliphatic rings. The lowest BCUT2D eigenvalue weighted by Crippen LogP contribution is -3.20. The van der Waals surface area contributed by atoms with Crippen LogP contribution in [0.25, 0.3) is 0 Å². The molecule has 8 heteroatoms. The number of nitrogens with zero attached hydrogens (tertiary/aromatic N) is 3. The molecule has 2 bridgehead atoms. The van der Waals surface area contributed by atoms with E-state index in [0.717, 1.165) is 43.7 Å². The molecule has 4 atom stereocenters. The van der Waals surface area contributed by atoms with Gasteiger partial charge in [-0.1, -0.05) is 17.3 Å². The van der Waals surface area contributed by atoms with Gasteiger partial charge in [-0.2, -0.15) is 0 Å². The summed E-state index contributed by atoms with van der Waals surface area (Å²) < 4.78 is 20.0. The van der Waals surface area contributed by atoms with Gasteiger partial charge in [-0.3, -0.25) is 4.79 Å². The minimum atomic E-state index is -0.260.